The molecule has 2 rings (SSSR count). The molecule has 2 aromatic rings. The summed E-state index contributed by atoms with van der Waals surface area (Å²) in [6.45, 7) is 1.79. The van der Waals surface area contributed by atoms with Crippen molar-refractivity contribution in [2.45, 2.75) is 12.5 Å². The van der Waals surface area contributed by atoms with Crippen LogP contribution in [0.3, 0.4) is 0 Å². The predicted molar refractivity (Wildman–Crippen MR) is 70.2 cm³/mol. The highest BCUT2D eigenvalue weighted by Gasteiger charge is 2.39. The SMILES string of the molecule is CC(O[P+](=O)O)(c1ccccc1)c1ccccc1. The standard InChI is InChI=1S/C14H13O3P/c1-14(17-18(15)16,12-8-4-2-5-9-12)13-10-6-3-7-11-13/h2-11H,1H3/p+1. The topological polar surface area (TPSA) is 46.5 Å². The Hall–Kier alpha value is -1.54. The summed E-state index contributed by atoms with van der Waals surface area (Å²) in [5.74, 6) is 0. The van der Waals surface area contributed by atoms with Crippen molar-refractivity contribution in [2.75, 3.05) is 0 Å². The first-order chi connectivity index (χ1) is 8.63. The van der Waals surface area contributed by atoms with E-state index in [1.165, 1.54) is 0 Å². The second-order valence-corrected chi connectivity index (χ2v) is 4.75. The molecule has 0 aliphatic carbocycles. The Balaban J connectivity index is 2.51. The molecule has 3 nitrogen and oxygen atoms in total. The Morgan fingerprint density at radius 2 is 1.33 bits per heavy atom. The predicted octanol–water partition coefficient (Wildman–Crippen LogP) is 3.62. The van der Waals surface area contributed by atoms with Gasteiger partial charge in [0, 0.05) is 4.57 Å². The summed E-state index contributed by atoms with van der Waals surface area (Å²) < 4.78 is 16.4. The molecule has 4 heteroatoms. The quantitative estimate of drug-likeness (QED) is 0.855. The summed E-state index contributed by atoms with van der Waals surface area (Å²) in [7, 11) is -2.69. The van der Waals surface area contributed by atoms with E-state index in [1.807, 2.05) is 60.7 Å². The van der Waals surface area contributed by atoms with E-state index in [-0.39, 0.29) is 0 Å². The molecule has 0 saturated carbocycles. The van der Waals surface area contributed by atoms with Crippen LogP contribution in [0.5, 0.6) is 0 Å². The van der Waals surface area contributed by atoms with E-state index in [4.69, 9.17) is 9.42 Å². The molecule has 0 bridgehead atoms. The summed E-state index contributed by atoms with van der Waals surface area (Å²) in [5, 5.41) is 0. The Morgan fingerprint density at radius 3 is 1.67 bits per heavy atom. The first-order valence-electron chi connectivity index (χ1n) is 5.59. The minimum absolute atomic E-state index is 0.841. The first kappa shape index (κ1) is 12.9. The highest BCUT2D eigenvalue weighted by molar-refractivity contribution is 7.32. The van der Waals surface area contributed by atoms with Crippen molar-refractivity contribution in [2.24, 2.45) is 0 Å². The number of hydrogen-bond acceptors (Lipinski definition) is 2. The molecule has 0 aliphatic heterocycles. The molecule has 92 valence electrons. The van der Waals surface area contributed by atoms with Crippen LogP contribution in [-0.4, -0.2) is 4.89 Å². The van der Waals surface area contributed by atoms with Gasteiger partial charge in [0.15, 0.2) is 5.60 Å². The maximum absolute atomic E-state index is 11.1. The summed E-state index contributed by atoms with van der Waals surface area (Å²) >= 11 is 0. The van der Waals surface area contributed by atoms with Gasteiger partial charge >= 0.3 is 8.25 Å². The molecule has 0 saturated heterocycles. The summed E-state index contributed by atoms with van der Waals surface area (Å²) in [4.78, 5) is 9.10. The molecule has 0 heterocycles. The summed E-state index contributed by atoms with van der Waals surface area (Å²) in [5.41, 5.74) is 0.757. The van der Waals surface area contributed by atoms with Crippen LogP contribution in [0.4, 0.5) is 0 Å². The van der Waals surface area contributed by atoms with E-state index in [9.17, 15) is 4.57 Å². The van der Waals surface area contributed by atoms with Gasteiger partial charge in [-0.15, -0.1) is 9.42 Å². The van der Waals surface area contributed by atoms with E-state index >= 15 is 0 Å². The molecular formula is C14H14O3P+. The maximum Gasteiger partial charge on any atom is 0.695 e. The van der Waals surface area contributed by atoms with Gasteiger partial charge in [-0.2, -0.15) is 0 Å². The fourth-order valence-corrected chi connectivity index (χ4v) is 2.46. The average Bonchev–Trinajstić information content (AvgIpc) is 2.40. The summed E-state index contributed by atoms with van der Waals surface area (Å²) in [6, 6.07) is 18.8. The lowest BCUT2D eigenvalue weighted by molar-refractivity contribution is 0.124. The zero-order chi connectivity index (χ0) is 13.0. The number of hydrogen-bond donors (Lipinski definition) is 1. The lowest BCUT2D eigenvalue weighted by Crippen LogP contribution is -2.24. The number of rotatable bonds is 4. The minimum Gasteiger partial charge on any atom is -0.133 e. The molecule has 0 aliphatic rings. The normalized spacial score (nSPS) is 12.2. The van der Waals surface area contributed by atoms with Crippen LogP contribution in [0.2, 0.25) is 0 Å². The molecule has 18 heavy (non-hydrogen) atoms. The molecule has 0 aromatic heterocycles. The van der Waals surface area contributed by atoms with E-state index in [1.54, 1.807) is 6.92 Å². The van der Waals surface area contributed by atoms with Crippen LogP contribution >= 0.6 is 8.25 Å². The van der Waals surface area contributed by atoms with Crippen molar-refractivity contribution in [1.29, 1.82) is 0 Å². The minimum atomic E-state index is -2.69. The van der Waals surface area contributed by atoms with Crippen LogP contribution in [0.1, 0.15) is 18.1 Å². The van der Waals surface area contributed by atoms with Crippen molar-refractivity contribution in [3.8, 4) is 0 Å². The van der Waals surface area contributed by atoms with Gasteiger partial charge in [-0.1, -0.05) is 60.7 Å². The Bertz CT molecular complexity index is 486. The van der Waals surface area contributed by atoms with Crippen molar-refractivity contribution < 1.29 is 14.0 Å². The lowest BCUT2D eigenvalue weighted by Gasteiger charge is -2.23. The van der Waals surface area contributed by atoms with Crippen molar-refractivity contribution in [3.05, 3.63) is 71.8 Å². The fourth-order valence-electron chi connectivity index (χ4n) is 1.94. The van der Waals surface area contributed by atoms with E-state index in [0.29, 0.717) is 0 Å². The molecule has 0 radical (unpaired) electrons. The lowest BCUT2D eigenvalue weighted by atomic mass is 9.88. The first-order valence-corrected chi connectivity index (χ1v) is 6.72. The molecule has 1 atom stereocenters. The monoisotopic (exact) mass is 261 g/mol. The zero-order valence-electron chi connectivity index (χ0n) is 9.98. The fraction of sp³-hybridized carbons (Fsp3) is 0.143. The Labute approximate surface area is 107 Å². The van der Waals surface area contributed by atoms with E-state index in [2.05, 4.69) is 0 Å². The van der Waals surface area contributed by atoms with Gasteiger partial charge in [0.25, 0.3) is 0 Å². The second-order valence-electron chi connectivity index (χ2n) is 4.09. The van der Waals surface area contributed by atoms with Crippen molar-refractivity contribution in [1.82, 2.24) is 0 Å². The van der Waals surface area contributed by atoms with Gasteiger partial charge in [-0.3, -0.25) is 0 Å². The molecule has 2 aromatic carbocycles. The molecule has 0 amide bonds. The number of benzene rings is 2. The zero-order valence-corrected chi connectivity index (χ0v) is 10.9. The molecule has 1 unspecified atom stereocenters. The second kappa shape index (κ2) is 5.40. The maximum atomic E-state index is 11.1. The average molecular weight is 261 g/mol. The molecule has 0 spiro atoms. The molecule has 0 fully saturated rings. The molecular weight excluding hydrogens is 247 g/mol. The third-order valence-electron chi connectivity index (χ3n) is 2.91. The Kier molecular flexibility index (Phi) is 3.87. The van der Waals surface area contributed by atoms with Crippen LogP contribution < -0.4 is 0 Å². The van der Waals surface area contributed by atoms with Gasteiger partial charge in [-0.25, -0.2) is 0 Å². The van der Waals surface area contributed by atoms with Crippen LogP contribution in [0.15, 0.2) is 60.7 Å². The highest BCUT2D eigenvalue weighted by Crippen LogP contribution is 2.39. The van der Waals surface area contributed by atoms with Gasteiger partial charge in [-0.05, 0) is 18.1 Å². The third-order valence-corrected chi connectivity index (χ3v) is 3.43. The molecule has 1 N–H and O–H groups in total. The third kappa shape index (κ3) is 2.65. The van der Waals surface area contributed by atoms with Crippen LogP contribution in [0.25, 0.3) is 0 Å². The van der Waals surface area contributed by atoms with E-state index in [0.717, 1.165) is 11.1 Å². The van der Waals surface area contributed by atoms with Gasteiger partial charge in [0.05, 0.1) is 0 Å². The van der Waals surface area contributed by atoms with E-state index < -0.39 is 13.9 Å². The largest absolute Gasteiger partial charge is 0.695 e. The smallest absolute Gasteiger partial charge is 0.133 e. The van der Waals surface area contributed by atoms with Gasteiger partial charge < -0.3 is 0 Å². The Morgan fingerprint density at radius 1 is 0.944 bits per heavy atom. The van der Waals surface area contributed by atoms with Crippen molar-refractivity contribution in [3.63, 3.8) is 0 Å². The van der Waals surface area contributed by atoms with Crippen LogP contribution in [0, 0.1) is 0 Å². The van der Waals surface area contributed by atoms with Gasteiger partial charge in [0.2, 0.25) is 0 Å². The summed E-state index contributed by atoms with van der Waals surface area (Å²) in [6.07, 6.45) is 0. The van der Waals surface area contributed by atoms with Gasteiger partial charge in [0.1, 0.15) is 0 Å². The van der Waals surface area contributed by atoms with Crippen molar-refractivity contribution >= 4 is 8.25 Å². The highest BCUT2D eigenvalue weighted by atomic mass is 31.1. The van der Waals surface area contributed by atoms with Crippen LogP contribution in [-0.2, 0) is 14.7 Å².